The molecule has 0 saturated carbocycles. The molecule has 1 aromatic carbocycles. The lowest BCUT2D eigenvalue weighted by atomic mass is 9.80. The fraction of sp³-hybridized carbons (Fsp3) is 0.308. The lowest BCUT2D eigenvalue weighted by Crippen LogP contribution is -2.53. The van der Waals surface area contributed by atoms with E-state index >= 15 is 0 Å². The number of rotatable bonds is 0. The van der Waals surface area contributed by atoms with Gasteiger partial charge in [-0.15, -0.1) is 0 Å². The summed E-state index contributed by atoms with van der Waals surface area (Å²) in [7, 11) is 0. The van der Waals surface area contributed by atoms with E-state index < -0.39 is 23.0 Å². The average molecular weight is 242 g/mol. The molecule has 1 heterocycles. The first kappa shape index (κ1) is 11.1. The maximum atomic E-state index is 12.3. The lowest BCUT2D eigenvalue weighted by molar-refractivity contribution is -0.114. The minimum absolute atomic E-state index is 0.221. The molecular weight excluding hydrogens is 232 g/mol. The van der Waals surface area contributed by atoms with Gasteiger partial charge in [0.15, 0.2) is 0 Å². The van der Waals surface area contributed by atoms with Crippen molar-refractivity contribution in [1.29, 1.82) is 5.26 Å². The molecule has 2 aliphatic rings. The number of ketones is 1. The zero-order valence-corrected chi connectivity index (χ0v) is 9.58. The van der Waals surface area contributed by atoms with Crippen molar-refractivity contribution in [3.05, 3.63) is 35.4 Å². The van der Waals surface area contributed by atoms with Gasteiger partial charge in [0.25, 0.3) is 0 Å². The highest BCUT2D eigenvalue weighted by Crippen LogP contribution is 2.52. The van der Waals surface area contributed by atoms with Crippen molar-refractivity contribution in [2.75, 3.05) is 0 Å². The van der Waals surface area contributed by atoms with Crippen molar-refractivity contribution in [2.24, 2.45) is 10.9 Å². The quantitative estimate of drug-likeness (QED) is 0.687. The van der Waals surface area contributed by atoms with Gasteiger partial charge in [0.2, 0.25) is 17.1 Å². The minimum atomic E-state index is -2.20. The third kappa shape index (κ3) is 0.905. The lowest BCUT2D eigenvalue weighted by Gasteiger charge is -2.29. The minimum Gasteiger partial charge on any atom is -0.375 e. The first-order valence-corrected chi connectivity index (χ1v) is 5.52. The summed E-state index contributed by atoms with van der Waals surface area (Å²) in [5, 5.41) is 30.3. The van der Waals surface area contributed by atoms with E-state index in [1.54, 1.807) is 18.2 Å². The summed E-state index contributed by atoms with van der Waals surface area (Å²) in [6.07, 6.45) is 0. The van der Waals surface area contributed by atoms with Crippen LogP contribution in [-0.4, -0.2) is 27.3 Å². The van der Waals surface area contributed by atoms with Crippen LogP contribution in [0.2, 0.25) is 0 Å². The topological polar surface area (TPSA) is 93.7 Å². The zero-order chi connectivity index (χ0) is 13.1. The maximum absolute atomic E-state index is 12.3. The van der Waals surface area contributed by atoms with E-state index in [0.717, 1.165) is 0 Å². The molecule has 3 rings (SSSR count). The molecule has 0 spiro atoms. The largest absolute Gasteiger partial charge is 0.375 e. The van der Waals surface area contributed by atoms with E-state index in [1.165, 1.54) is 13.0 Å². The third-order valence-electron chi connectivity index (χ3n) is 3.73. The summed E-state index contributed by atoms with van der Waals surface area (Å²) in [5.41, 5.74) is -3.49. The van der Waals surface area contributed by atoms with Gasteiger partial charge in [-0.25, -0.2) is 0 Å². The Kier molecular flexibility index (Phi) is 1.88. The Balaban J connectivity index is 2.36. The van der Waals surface area contributed by atoms with Gasteiger partial charge in [-0.2, -0.15) is 5.26 Å². The number of hydrogen-bond acceptors (Lipinski definition) is 5. The van der Waals surface area contributed by atoms with Crippen LogP contribution in [0.1, 0.15) is 22.8 Å². The van der Waals surface area contributed by atoms with Gasteiger partial charge in [0.1, 0.15) is 5.92 Å². The number of carbonyl (C=O) groups excluding carboxylic acids is 1. The molecule has 0 aromatic heterocycles. The molecule has 90 valence electrons. The van der Waals surface area contributed by atoms with E-state index in [9.17, 15) is 15.0 Å². The van der Waals surface area contributed by atoms with Crippen molar-refractivity contribution in [2.45, 2.75) is 18.2 Å². The van der Waals surface area contributed by atoms with Crippen molar-refractivity contribution < 1.29 is 15.0 Å². The van der Waals surface area contributed by atoms with Crippen LogP contribution in [0.25, 0.3) is 0 Å². The summed E-state index contributed by atoms with van der Waals surface area (Å²) in [5.74, 6) is -1.77. The molecule has 0 radical (unpaired) electrons. The van der Waals surface area contributed by atoms with Crippen LogP contribution in [0.3, 0.4) is 0 Å². The molecule has 0 amide bonds. The molecule has 1 aliphatic carbocycles. The Morgan fingerprint density at radius 3 is 2.72 bits per heavy atom. The Bertz CT molecular complexity index is 646. The molecule has 0 bridgehead atoms. The van der Waals surface area contributed by atoms with Crippen molar-refractivity contribution in [3.8, 4) is 6.07 Å². The molecule has 5 nitrogen and oxygen atoms in total. The molecule has 0 saturated heterocycles. The molecule has 2 N–H and O–H groups in total. The number of aliphatic hydroxyl groups is 2. The Labute approximate surface area is 103 Å². The monoisotopic (exact) mass is 242 g/mol. The van der Waals surface area contributed by atoms with Gasteiger partial charge in [0.05, 0.1) is 6.07 Å². The van der Waals surface area contributed by atoms with Gasteiger partial charge in [-0.1, -0.05) is 24.3 Å². The molecule has 3 atom stereocenters. The highest BCUT2D eigenvalue weighted by Gasteiger charge is 2.70. The number of hydrogen-bond donors (Lipinski definition) is 2. The fourth-order valence-corrected chi connectivity index (χ4v) is 2.84. The zero-order valence-electron chi connectivity index (χ0n) is 9.58. The van der Waals surface area contributed by atoms with Crippen LogP contribution in [-0.2, 0) is 5.72 Å². The van der Waals surface area contributed by atoms with Crippen LogP contribution < -0.4 is 0 Å². The summed E-state index contributed by atoms with van der Waals surface area (Å²) in [6.45, 7) is 1.53. The normalized spacial score (nSPS) is 36.9. The summed E-state index contributed by atoms with van der Waals surface area (Å²) >= 11 is 0. The van der Waals surface area contributed by atoms with Gasteiger partial charge in [-0.3, -0.25) is 9.79 Å². The highest BCUT2D eigenvalue weighted by atomic mass is 16.4. The van der Waals surface area contributed by atoms with Crippen LogP contribution in [0.5, 0.6) is 0 Å². The van der Waals surface area contributed by atoms with Crippen molar-refractivity contribution in [1.82, 2.24) is 0 Å². The summed E-state index contributed by atoms with van der Waals surface area (Å²) < 4.78 is 0. The molecule has 5 heteroatoms. The second-order valence-electron chi connectivity index (χ2n) is 4.63. The second-order valence-corrected chi connectivity index (χ2v) is 4.63. The number of nitriles is 1. The maximum Gasteiger partial charge on any atom is 0.221 e. The van der Waals surface area contributed by atoms with E-state index in [2.05, 4.69) is 4.99 Å². The number of Topliss-reactive ketones (excluding diaryl/α,β-unsaturated/α-hetero) is 1. The Morgan fingerprint density at radius 1 is 1.39 bits per heavy atom. The van der Waals surface area contributed by atoms with E-state index in [1.807, 2.05) is 6.07 Å². The van der Waals surface area contributed by atoms with Gasteiger partial charge in [-0.05, 0) is 6.92 Å². The number of fused-ring (bicyclic) bond motifs is 3. The molecule has 3 unspecified atom stereocenters. The number of carbonyl (C=O) groups is 1. The predicted octanol–water partition coefficient (Wildman–Crippen LogP) is 0.373. The second kappa shape index (κ2) is 3.05. The number of aliphatic imine (C=N–C) groups is 1. The van der Waals surface area contributed by atoms with Crippen LogP contribution >= 0.6 is 0 Å². The van der Waals surface area contributed by atoms with Gasteiger partial charge in [0, 0.05) is 16.8 Å². The first-order chi connectivity index (χ1) is 8.46. The molecule has 1 aromatic rings. The highest BCUT2D eigenvalue weighted by molar-refractivity contribution is 6.14. The SMILES string of the molecule is CC1=NC2(O)c3ccccc3C(=O)C2(O)C1C#N. The van der Waals surface area contributed by atoms with Gasteiger partial charge >= 0.3 is 0 Å². The van der Waals surface area contributed by atoms with Crippen LogP contribution in [0.4, 0.5) is 0 Å². The van der Waals surface area contributed by atoms with E-state index in [0.29, 0.717) is 0 Å². The molecule has 0 fully saturated rings. The number of benzene rings is 1. The average Bonchev–Trinajstić information content (AvgIpc) is 2.65. The predicted molar refractivity (Wildman–Crippen MR) is 61.8 cm³/mol. The first-order valence-electron chi connectivity index (χ1n) is 5.52. The summed E-state index contributed by atoms with van der Waals surface area (Å²) in [6, 6.07) is 8.21. The van der Waals surface area contributed by atoms with Crippen molar-refractivity contribution >= 4 is 11.5 Å². The third-order valence-corrected chi connectivity index (χ3v) is 3.73. The molecule has 18 heavy (non-hydrogen) atoms. The smallest absolute Gasteiger partial charge is 0.221 e. The van der Waals surface area contributed by atoms with Crippen LogP contribution in [0.15, 0.2) is 29.3 Å². The van der Waals surface area contributed by atoms with E-state index in [4.69, 9.17) is 5.26 Å². The summed E-state index contributed by atoms with van der Waals surface area (Å²) in [4.78, 5) is 16.3. The van der Waals surface area contributed by atoms with Crippen molar-refractivity contribution in [3.63, 3.8) is 0 Å². The number of nitrogens with zero attached hydrogens (tertiary/aromatic N) is 2. The fourth-order valence-electron chi connectivity index (χ4n) is 2.84. The van der Waals surface area contributed by atoms with Gasteiger partial charge < -0.3 is 10.2 Å². The Morgan fingerprint density at radius 2 is 2.06 bits per heavy atom. The van der Waals surface area contributed by atoms with Crippen LogP contribution in [0, 0.1) is 17.2 Å². The molecular formula is C13H10N2O3. The standard InChI is InChI=1S/C13H10N2O3/c1-7-10(6-14)12(17)11(16)8-4-2-3-5-9(8)13(12,18)15-7/h2-5,10,17-18H,1H3. The molecule has 1 aliphatic heterocycles. The van der Waals surface area contributed by atoms with E-state index in [-0.39, 0.29) is 16.8 Å². The Hall–Kier alpha value is -2.03.